The number of hydrogen-bond acceptors (Lipinski definition) is 4. The molecular formula is C29H44N2O3. The molecule has 0 atom stereocenters. The first-order valence-corrected chi connectivity index (χ1v) is 13.4. The summed E-state index contributed by atoms with van der Waals surface area (Å²) in [6.07, 6.45) is 18.0. The molecule has 0 heterocycles. The third-order valence-corrected chi connectivity index (χ3v) is 6.59. The minimum absolute atomic E-state index is 0.0425. The fourth-order valence-corrected chi connectivity index (χ4v) is 4.61. The summed E-state index contributed by atoms with van der Waals surface area (Å²) in [6.45, 7) is 2.78. The fraction of sp³-hybridized carbons (Fsp3) is 0.621. The molecule has 0 bridgehead atoms. The number of rotatable bonds is 17. The molecule has 1 aliphatic carbocycles. The van der Waals surface area contributed by atoms with Crippen LogP contribution in [0.1, 0.15) is 118 Å². The predicted molar refractivity (Wildman–Crippen MR) is 139 cm³/mol. The van der Waals surface area contributed by atoms with Crippen molar-refractivity contribution in [2.24, 2.45) is 0 Å². The van der Waals surface area contributed by atoms with E-state index in [9.17, 15) is 14.4 Å². The van der Waals surface area contributed by atoms with E-state index in [1.807, 2.05) is 0 Å². The normalized spacial score (nSPS) is 13.3. The molecule has 0 spiro atoms. The summed E-state index contributed by atoms with van der Waals surface area (Å²) in [5.74, 6) is -1.11. The van der Waals surface area contributed by atoms with Crippen LogP contribution in [0, 0.1) is 0 Å². The summed E-state index contributed by atoms with van der Waals surface area (Å²) in [5, 5.41) is 2.87. The van der Waals surface area contributed by atoms with Gasteiger partial charge in [0.1, 0.15) is 11.3 Å². The van der Waals surface area contributed by atoms with Crippen molar-refractivity contribution in [2.45, 2.75) is 96.8 Å². The summed E-state index contributed by atoms with van der Waals surface area (Å²) >= 11 is 0. The average molecular weight is 469 g/mol. The molecule has 0 saturated carbocycles. The highest BCUT2D eigenvalue weighted by molar-refractivity contribution is 6.36. The SMILES string of the molecule is CCCCCCCCCCCCCCCCNC(=O)C1=C(N(C)C)C(=O)c2ccccc2C1=O. The van der Waals surface area contributed by atoms with Gasteiger partial charge in [-0.3, -0.25) is 14.4 Å². The number of carbonyl (C=O) groups excluding carboxylic acids is 3. The smallest absolute Gasteiger partial charge is 0.257 e. The number of nitrogens with one attached hydrogen (secondary N) is 1. The lowest BCUT2D eigenvalue weighted by atomic mass is 9.86. The van der Waals surface area contributed by atoms with Gasteiger partial charge in [-0.2, -0.15) is 0 Å². The van der Waals surface area contributed by atoms with Gasteiger partial charge >= 0.3 is 0 Å². The number of amides is 1. The second-order valence-electron chi connectivity index (χ2n) is 9.67. The van der Waals surface area contributed by atoms with Crippen LogP contribution < -0.4 is 5.32 Å². The lowest BCUT2D eigenvalue weighted by Gasteiger charge is -2.25. The Morgan fingerprint density at radius 2 is 1.15 bits per heavy atom. The number of hydrogen-bond donors (Lipinski definition) is 1. The molecule has 2 rings (SSSR count). The number of carbonyl (C=O) groups is 3. The summed E-state index contributed by atoms with van der Waals surface area (Å²) < 4.78 is 0. The third-order valence-electron chi connectivity index (χ3n) is 6.59. The molecule has 1 aromatic rings. The largest absolute Gasteiger partial charge is 0.374 e. The number of benzene rings is 1. The van der Waals surface area contributed by atoms with Gasteiger partial charge in [0, 0.05) is 31.8 Å². The molecule has 0 aromatic heterocycles. The molecule has 0 unspecified atom stereocenters. The molecule has 1 aromatic carbocycles. The van der Waals surface area contributed by atoms with Crippen molar-refractivity contribution in [3.05, 3.63) is 46.7 Å². The van der Waals surface area contributed by atoms with Crippen LogP contribution in [0.25, 0.3) is 0 Å². The van der Waals surface area contributed by atoms with E-state index in [0.717, 1.165) is 12.8 Å². The quantitative estimate of drug-likeness (QED) is 0.210. The van der Waals surface area contributed by atoms with Gasteiger partial charge in [0.15, 0.2) is 0 Å². The molecule has 5 heteroatoms. The fourth-order valence-electron chi connectivity index (χ4n) is 4.61. The van der Waals surface area contributed by atoms with Gasteiger partial charge in [-0.05, 0) is 6.42 Å². The van der Waals surface area contributed by atoms with Crippen LogP contribution in [0.15, 0.2) is 35.5 Å². The highest BCUT2D eigenvalue weighted by Gasteiger charge is 2.36. The second kappa shape index (κ2) is 15.5. The van der Waals surface area contributed by atoms with E-state index in [1.165, 1.54) is 77.0 Å². The Morgan fingerprint density at radius 3 is 1.62 bits per heavy atom. The number of likely N-dealkylation sites (N-methyl/N-ethyl adjacent to an activating group) is 1. The first kappa shape index (κ1) is 27.8. The maximum Gasteiger partial charge on any atom is 0.257 e. The molecule has 0 radical (unpaired) electrons. The van der Waals surface area contributed by atoms with Gasteiger partial charge in [0.25, 0.3) is 5.91 Å². The molecule has 1 N–H and O–H groups in total. The van der Waals surface area contributed by atoms with Crippen molar-refractivity contribution in [3.8, 4) is 0 Å². The second-order valence-corrected chi connectivity index (χ2v) is 9.67. The van der Waals surface area contributed by atoms with Crippen molar-refractivity contribution in [3.63, 3.8) is 0 Å². The van der Waals surface area contributed by atoms with Crippen LogP contribution in [-0.2, 0) is 4.79 Å². The molecule has 1 amide bonds. The van der Waals surface area contributed by atoms with Crippen molar-refractivity contribution < 1.29 is 14.4 Å². The van der Waals surface area contributed by atoms with Crippen LogP contribution in [0.5, 0.6) is 0 Å². The highest BCUT2D eigenvalue weighted by Crippen LogP contribution is 2.27. The van der Waals surface area contributed by atoms with Crippen molar-refractivity contribution in [1.82, 2.24) is 10.2 Å². The average Bonchev–Trinajstić information content (AvgIpc) is 2.83. The monoisotopic (exact) mass is 468 g/mol. The number of unbranched alkanes of at least 4 members (excludes halogenated alkanes) is 13. The van der Waals surface area contributed by atoms with E-state index in [1.54, 1.807) is 43.3 Å². The van der Waals surface area contributed by atoms with Crippen LogP contribution in [0.2, 0.25) is 0 Å². The molecular weight excluding hydrogens is 424 g/mol. The Hall–Kier alpha value is -2.43. The number of ketones is 2. The summed E-state index contributed by atoms with van der Waals surface area (Å²) in [7, 11) is 3.38. The van der Waals surface area contributed by atoms with Gasteiger partial charge in [-0.1, -0.05) is 115 Å². The van der Waals surface area contributed by atoms with Gasteiger partial charge in [0.05, 0.1) is 0 Å². The number of fused-ring (bicyclic) bond motifs is 1. The molecule has 188 valence electrons. The van der Waals surface area contributed by atoms with Crippen LogP contribution in [0.3, 0.4) is 0 Å². The van der Waals surface area contributed by atoms with E-state index < -0.39 is 5.91 Å². The molecule has 0 fully saturated rings. The first-order chi connectivity index (χ1) is 16.5. The number of nitrogens with zero attached hydrogens (tertiary/aromatic N) is 1. The topological polar surface area (TPSA) is 66.5 Å². The Labute approximate surface area is 206 Å². The predicted octanol–water partition coefficient (Wildman–Crippen LogP) is 6.48. The molecule has 0 saturated heterocycles. The van der Waals surface area contributed by atoms with Crippen molar-refractivity contribution >= 4 is 17.5 Å². The zero-order valence-corrected chi connectivity index (χ0v) is 21.6. The van der Waals surface area contributed by atoms with Gasteiger partial charge in [0.2, 0.25) is 11.6 Å². The molecule has 34 heavy (non-hydrogen) atoms. The van der Waals surface area contributed by atoms with Crippen molar-refractivity contribution in [2.75, 3.05) is 20.6 Å². The Balaban J connectivity index is 1.63. The molecule has 0 aliphatic heterocycles. The van der Waals surface area contributed by atoms with E-state index in [-0.39, 0.29) is 22.8 Å². The minimum atomic E-state index is -0.453. The number of Topliss-reactive ketones (excluding diaryl/α,β-unsaturated/α-hetero) is 2. The maximum absolute atomic E-state index is 13.0. The number of allylic oxidation sites excluding steroid dienone is 1. The Kier molecular flexibility index (Phi) is 12.7. The van der Waals surface area contributed by atoms with Gasteiger partial charge in [-0.25, -0.2) is 0 Å². The first-order valence-electron chi connectivity index (χ1n) is 13.4. The molecule has 1 aliphatic rings. The van der Waals surface area contributed by atoms with Gasteiger partial charge < -0.3 is 10.2 Å². The third kappa shape index (κ3) is 8.41. The van der Waals surface area contributed by atoms with Crippen molar-refractivity contribution in [1.29, 1.82) is 0 Å². The van der Waals surface area contributed by atoms with Crippen LogP contribution >= 0.6 is 0 Å². The summed E-state index contributed by atoms with van der Waals surface area (Å²) in [5.41, 5.74) is 0.792. The zero-order chi connectivity index (χ0) is 24.8. The highest BCUT2D eigenvalue weighted by atomic mass is 16.2. The van der Waals surface area contributed by atoms with Crippen LogP contribution in [-0.4, -0.2) is 43.0 Å². The Morgan fingerprint density at radius 1 is 0.706 bits per heavy atom. The van der Waals surface area contributed by atoms with E-state index >= 15 is 0 Å². The van der Waals surface area contributed by atoms with Crippen LogP contribution in [0.4, 0.5) is 0 Å². The lowest BCUT2D eigenvalue weighted by Crippen LogP contribution is -2.38. The van der Waals surface area contributed by atoms with E-state index in [4.69, 9.17) is 0 Å². The Bertz CT molecular complexity index is 842. The standard InChI is InChI=1S/C29H44N2O3/c1-4-5-6-7-8-9-10-11-12-13-14-15-16-19-22-30-29(34)25-26(31(2)3)28(33)24-21-18-17-20-23(24)27(25)32/h17-18,20-21H,4-16,19,22H2,1-3H3,(H,30,34). The molecule has 5 nitrogen and oxygen atoms in total. The summed E-state index contributed by atoms with van der Waals surface area (Å²) in [4.78, 5) is 40.3. The van der Waals surface area contributed by atoms with E-state index in [2.05, 4.69) is 12.2 Å². The minimum Gasteiger partial charge on any atom is -0.374 e. The lowest BCUT2D eigenvalue weighted by molar-refractivity contribution is -0.117. The van der Waals surface area contributed by atoms with E-state index in [0.29, 0.717) is 17.7 Å². The zero-order valence-electron chi connectivity index (χ0n) is 21.6. The summed E-state index contributed by atoms with van der Waals surface area (Å²) in [6, 6.07) is 6.71. The maximum atomic E-state index is 13.0. The van der Waals surface area contributed by atoms with Gasteiger partial charge in [-0.15, -0.1) is 0 Å².